The Bertz CT molecular complexity index is 369. The van der Waals surface area contributed by atoms with E-state index in [2.05, 4.69) is 0 Å². The Hall–Kier alpha value is -0.650. The van der Waals surface area contributed by atoms with Gasteiger partial charge in [-0.15, -0.1) is 0 Å². The van der Waals surface area contributed by atoms with Crippen molar-refractivity contribution in [2.24, 2.45) is 5.92 Å². The number of aliphatic hydroxyl groups is 1. The van der Waals surface area contributed by atoms with Crippen molar-refractivity contribution < 1.29 is 17.7 Å². The Morgan fingerprint density at radius 2 is 2.13 bits per heavy atom. The van der Waals surface area contributed by atoms with Crippen LogP contribution in [0.5, 0.6) is 0 Å². The average Bonchev–Trinajstić information content (AvgIpc) is 2.19. The van der Waals surface area contributed by atoms with Crippen molar-refractivity contribution in [2.45, 2.75) is 18.6 Å². The first kappa shape index (κ1) is 12.4. The highest BCUT2D eigenvalue weighted by Gasteiger charge is 2.42. The summed E-state index contributed by atoms with van der Waals surface area (Å²) in [5, 5.41) is 8.56. The molecule has 86 valence electrons. The molecule has 0 saturated heterocycles. The van der Waals surface area contributed by atoms with Crippen LogP contribution in [0.25, 0.3) is 0 Å². The van der Waals surface area contributed by atoms with Crippen molar-refractivity contribution >= 4 is 10.1 Å². The monoisotopic (exact) mass is 232 g/mol. The summed E-state index contributed by atoms with van der Waals surface area (Å²) in [5.74, 6) is -0.147. The van der Waals surface area contributed by atoms with E-state index in [4.69, 9.17) is 9.29 Å². The number of hydrogen-bond donors (Lipinski definition) is 1. The molecule has 0 saturated carbocycles. The van der Waals surface area contributed by atoms with Crippen LogP contribution in [-0.4, -0.2) is 31.5 Å². The molecule has 1 rings (SSSR count). The van der Waals surface area contributed by atoms with E-state index in [0.717, 1.165) is 0 Å². The number of allylic oxidation sites excluding steroid dienone is 3. The van der Waals surface area contributed by atoms with Gasteiger partial charge < -0.3 is 5.11 Å². The van der Waals surface area contributed by atoms with Crippen LogP contribution in [0.15, 0.2) is 24.3 Å². The Morgan fingerprint density at radius 1 is 1.47 bits per heavy atom. The molecule has 5 heteroatoms. The lowest BCUT2D eigenvalue weighted by atomic mass is 9.91. The van der Waals surface area contributed by atoms with E-state index in [9.17, 15) is 8.42 Å². The van der Waals surface area contributed by atoms with E-state index >= 15 is 0 Å². The molecule has 0 radical (unpaired) electrons. The van der Waals surface area contributed by atoms with E-state index in [1.807, 2.05) is 19.1 Å². The van der Waals surface area contributed by atoms with Gasteiger partial charge in [-0.25, -0.2) is 0 Å². The van der Waals surface area contributed by atoms with Gasteiger partial charge in [0.05, 0.1) is 13.2 Å². The molecular formula is C10H16O4S. The summed E-state index contributed by atoms with van der Waals surface area (Å²) in [5.41, 5.74) is 0. The van der Waals surface area contributed by atoms with Crippen LogP contribution in [0.3, 0.4) is 0 Å². The normalized spacial score (nSPS) is 30.7. The molecule has 0 heterocycles. The van der Waals surface area contributed by atoms with Crippen molar-refractivity contribution in [1.29, 1.82) is 0 Å². The third-order valence-electron chi connectivity index (χ3n) is 2.71. The molecule has 0 spiro atoms. The van der Waals surface area contributed by atoms with Crippen LogP contribution in [0, 0.1) is 5.92 Å². The second-order valence-electron chi connectivity index (χ2n) is 3.72. The summed E-state index contributed by atoms with van der Waals surface area (Å²) >= 11 is 0. The predicted molar refractivity (Wildman–Crippen MR) is 57.8 cm³/mol. The van der Waals surface area contributed by atoms with E-state index in [0.29, 0.717) is 0 Å². The van der Waals surface area contributed by atoms with Crippen molar-refractivity contribution in [3.8, 4) is 0 Å². The summed E-state index contributed by atoms with van der Waals surface area (Å²) in [6.07, 6.45) is 6.94. The van der Waals surface area contributed by atoms with Gasteiger partial charge in [0.25, 0.3) is 10.1 Å². The molecule has 0 aliphatic heterocycles. The van der Waals surface area contributed by atoms with Gasteiger partial charge in [-0.1, -0.05) is 31.2 Å². The standard InChI is InChI=1S/C10H16O4S/c1-9-5-3-4-6-10(9,2)15(12,13)14-8-7-11/h3-6,9,11H,7-8H2,1-2H3. The Kier molecular flexibility index (Phi) is 3.70. The average molecular weight is 232 g/mol. The largest absolute Gasteiger partial charge is 0.394 e. The number of aliphatic hydroxyl groups excluding tert-OH is 1. The van der Waals surface area contributed by atoms with Crippen molar-refractivity contribution in [2.75, 3.05) is 13.2 Å². The van der Waals surface area contributed by atoms with Crippen LogP contribution < -0.4 is 0 Å². The smallest absolute Gasteiger partial charge is 0.277 e. The fraction of sp³-hybridized carbons (Fsp3) is 0.600. The Balaban J connectivity index is 2.94. The van der Waals surface area contributed by atoms with Gasteiger partial charge >= 0.3 is 0 Å². The maximum atomic E-state index is 11.9. The topological polar surface area (TPSA) is 63.6 Å². The predicted octanol–water partition coefficient (Wildman–Crippen LogP) is 0.846. The molecule has 2 atom stereocenters. The van der Waals surface area contributed by atoms with Crippen molar-refractivity contribution in [3.05, 3.63) is 24.3 Å². The second kappa shape index (κ2) is 4.47. The summed E-state index contributed by atoms with van der Waals surface area (Å²) in [6.45, 7) is 2.94. The van der Waals surface area contributed by atoms with Crippen LogP contribution in [0.1, 0.15) is 13.8 Å². The van der Waals surface area contributed by atoms with Gasteiger partial charge in [0.1, 0.15) is 4.75 Å². The molecule has 4 nitrogen and oxygen atoms in total. The zero-order valence-electron chi connectivity index (χ0n) is 8.88. The third kappa shape index (κ3) is 2.30. The maximum absolute atomic E-state index is 11.9. The molecular weight excluding hydrogens is 216 g/mol. The van der Waals surface area contributed by atoms with E-state index in [1.165, 1.54) is 0 Å². The fourth-order valence-corrected chi connectivity index (χ4v) is 2.73. The van der Waals surface area contributed by atoms with Crippen LogP contribution in [-0.2, 0) is 14.3 Å². The quantitative estimate of drug-likeness (QED) is 0.730. The molecule has 2 unspecified atom stereocenters. The Morgan fingerprint density at radius 3 is 2.67 bits per heavy atom. The summed E-state index contributed by atoms with van der Waals surface area (Å²) < 4.78 is 27.4. The zero-order valence-corrected chi connectivity index (χ0v) is 9.70. The minimum atomic E-state index is -3.69. The van der Waals surface area contributed by atoms with Gasteiger partial charge in [0.2, 0.25) is 0 Å². The minimum absolute atomic E-state index is 0.147. The molecule has 0 bridgehead atoms. The summed E-state index contributed by atoms with van der Waals surface area (Å²) in [4.78, 5) is 0. The molecule has 0 amide bonds. The van der Waals surface area contributed by atoms with Gasteiger partial charge in [-0.05, 0) is 12.8 Å². The molecule has 1 N–H and O–H groups in total. The highest BCUT2D eigenvalue weighted by molar-refractivity contribution is 7.88. The lowest BCUT2D eigenvalue weighted by molar-refractivity contribution is 0.200. The summed E-state index contributed by atoms with van der Waals surface area (Å²) in [6, 6.07) is 0. The molecule has 1 aliphatic rings. The Labute approximate surface area is 90.4 Å². The van der Waals surface area contributed by atoms with Crippen LogP contribution in [0.2, 0.25) is 0 Å². The van der Waals surface area contributed by atoms with Crippen molar-refractivity contribution in [1.82, 2.24) is 0 Å². The maximum Gasteiger partial charge on any atom is 0.277 e. The fourth-order valence-electron chi connectivity index (χ4n) is 1.41. The second-order valence-corrected chi connectivity index (χ2v) is 5.74. The summed E-state index contributed by atoms with van der Waals surface area (Å²) in [7, 11) is -3.69. The first-order valence-corrected chi connectivity index (χ1v) is 6.21. The molecule has 0 fully saturated rings. The molecule has 0 aromatic carbocycles. The van der Waals surface area contributed by atoms with Crippen LogP contribution >= 0.6 is 0 Å². The molecule has 0 aromatic heterocycles. The van der Waals surface area contributed by atoms with Gasteiger partial charge in [0.15, 0.2) is 0 Å². The van der Waals surface area contributed by atoms with Crippen molar-refractivity contribution in [3.63, 3.8) is 0 Å². The number of hydrogen-bond acceptors (Lipinski definition) is 4. The lowest BCUT2D eigenvalue weighted by Gasteiger charge is -2.31. The third-order valence-corrected chi connectivity index (χ3v) is 4.77. The van der Waals surface area contributed by atoms with Gasteiger partial charge in [0, 0.05) is 0 Å². The highest BCUT2D eigenvalue weighted by atomic mass is 32.2. The lowest BCUT2D eigenvalue weighted by Crippen LogP contribution is -2.41. The molecule has 0 aromatic rings. The van der Waals surface area contributed by atoms with E-state index in [1.54, 1.807) is 19.1 Å². The zero-order chi connectivity index (χ0) is 11.5. The molecule has 1 aliphatic carbocycles. The molecule has 15 heavy (non-hydrogen) atoms. The first-order valence-electron chi connectivity index (χ1n) is 4.80. The number of rotatable bonds is 4. The minimum Gasteiger partial charge on any atom is -0.394 e. The highest BCUT2D eigenvalue weighted by Crippen LogP contribution is 2.32. The van der Waals surface area contributed by atoms with Crippen LogP contribution in [0.4, 0.5) is 0 Å². The van der Waals surface area contributed by atoms with E-state index < -0.39 is 14.9 Å². The van der Waals surface area contributed by atoms with Gasteiger partial charge in [-0.2, -0.15) is 8.42 Å². The van der Waals surface area contributed by atoms with E-state index in [-0.39, 0.29) is 19.1 Å². The first-order chi connectivity index (χ1) is 6.94. The SMILES string of the molecule is CC1C=CC=CC1(C)S(=O)(=O)OCCO. The van der Waals surface area contributed by atoms with Gasteiger partial charge in [-0.3, -0.25) is 4.18 Å².